The van der Waals surface area contributed by atoms with E-state index in [0.717, 1.165) is 43.6 Å². The molecule has 3 heteroatoms. The highest BCUT2D eigenvalue weighted by Gasteiger charge is 2.20. The van der Waals surface area contributed by atoms with Crippen molar-refractivity contribution >= 4 is 5.57 Å². The smallest absolute Gasteiger partial charge is 0.166 e. The van der Waals surface area contributed by atoms with Gasteiger partial charge in [-0.2, -0.15) is 0 Å². The molecule has 1 nitrogen and oxygen atoms in total. The zero-order chi connectivity index (χ0) is 23.3. The fourth-order valence-electron chi connectivity index (χ4n) is 4.75. The van der Waals surface area contributed by atoms with Gasteiger partial charge in [0.2, 0.25) is 0 Å². The fourth-order valence-corrected chi connectivity index (χ4v) is 4.75. The van der Waals surface area contributed by atoms with E-state index >= 15 is 0 Å². The summed E-state index contributed by atoms with van der Waals surface area (Å²) in [5.74, 6) is -0.153. The summed E-state index contributed by atoms with van der Waals surface area (Å²) in [6.07, 6.45) is 17.9. The average molecular weight is 455 g/mol. The van der Waals surface area contributed by atoms with Crippen molar-refractivity contribution < 1.29 is 13.5 Å². The minimum Gasteiger partial charge on any atom is -0.494 e. The molecule has 0 N–H and O–H groups in total. The second-order valence-corrected chi connectivity index (χ2v) is 9.40. The van der Waals surface area contributed by atoms with Crippen LogP contribution in [0.1, 0.15) is 107 Å². The normalized spacial score (nSPS) is 16.0. The van der Waals surface area contributed by atoms with Crippen LogP contribution in [0, 0.1) is 11.6 Å². The summed E-state index contributed by atoms with van der Waals surface area (Å²) in [6, 6.07) is 12.9. The van der Waals surface area contributed by atoms with Gasteiger partial charge in [-0.25, -0.2) is 8.78 Å². The third-order valence-corrected chi connectivity index (χ3v) is 6.83. The predicted octanol–water partition coefficient (Wildman–Crippen LogP) is 9.62. The van der Waals surface area contributed by atoms with E-state index < -0.39 is 11.6 Å². The summed E-state index contributed by atoms with van der Waals surface area (Å²) in [4.78, 5) is 0. The van der Waals surface area contributed by atoms with Crippen molar-refractivity contribution in [3.8, 4) is 5.75 Å². The first-order valence-corrected chi connectivity index (χ1v) is 13.0. The van der Waals surface area contributed by atoms with Crippen molar-refractivity contribution in [3.63, 3.8) is 0 Å². The van der Waals surface area contributed by atoms with Gasteiger partial charge in [0.25, 0.3) is 0 Å². The minimum absolute atomic E-state index is 0.407. The lowest BCUT2D eigenvalue weighted by atomic mass is 9.82. The van der Waals surface area contributed by atoms with Crippen molar-refractivity contribution in [1.82, 2.24) is 0 Å². The molecule has 1 atom stereocenters. The van der Waals surface area contributed by atoms with Gasteiger partial charge in [-0.1, -0.05) is 95.1 Å². The molecule has 3 rings (SSSR count). The minimum atomic E-state index is -0.774. The Bertz CT molecular complexity index is 856. The zero-order valence-corrected chi connectivity index (χ0v) is 20.3. The van der Waals surface area contributed by atoms with E-state index in [1.54, 1.807) is 12.1 Å². The van der Waals surface area contributed by atoms with E-state index in [0.29, 0.717) is 11.5 Å². The number of hydrogen-bond donors (Lipinski definition) is 0. The maximum absolute atomic E-state index is 14.1. The molecule has 0 saturated heterocycles. The number of allylic oxidation sites excluding steroid dienone is 2. The third kappa shape index (κ3) is 8.28. The van der Waals surface area contributed by atoms with Crippen molar-refractivity contribution in [2.75, 3.05) is 6.61 Å². The Morgan fingerprint density at radius 1 is 0.818 bits per heavy atom. The van der Waals surface area contributed by atoms with Crippen LogP contribution in [0.2, 0.25) is 0 Å². The van der Waals surface area contributed by atoms with E-state index in [4.69, 9.17) is 4.74 Å². The van der Waals surface area contributed by atoms with Crippen molar-refractivity contribution in [2.24, 2.45) is 0 Å². The van der Waals surface area contributed by atoms with Crippen LogP contribution in [-0.4, -0.2) is 6.61 Å². The molecule has 180 valence electrons. The Morgan fingerprint density at radius 2 is 1.48 bits per heavy atom. The van der Waals surface area contributed by atoms with E-state index in [2.05, 4.69) is 37.3 Å². The number of ether oxygens (including phenoxy) is 1. The number of unbranched alkanes of at least 4 members (excludes halogenated alkanes) is 9. The highest BCUT2D eigenvalue weighted by atomic mass is 19.2. The predicted molar refractivity (Wildman–Crippen MR) is 135 cm³/mol. The molecule has 0 aliphatic heterocycles. The van der Waals surface area contributed by atoms with Crippen molar-refractivity contribution in [1.29, 1.82) is 0 Å². The average Bonchev–Trinajstić information content (AvgIpc) is 2.85. The monoisotopic (exact) mass is 454 g/mol. The number of rotatable bonds is 14. The van der Waals surface area contributed by atoms with Gasteiger partial charge in [-0.15, -0.1) is 0 Å². The van der Waals surface area contributed by atoms with Crippen LogP contribution in [0.4, 0.5) is 8.78 Å². The van der Waals surface area contributed by atoms with E-state index in [-0.39, 0.29) is 0 Å². The largest absolute Gasteiger partial charge is 0.494 e. The van der Waals surface area contributed by atoms with Crippen LogP contribution in [0.15, 0.2) is 48.5 Å². The summed E-state index contributed by atoms with van der Waals surface area (Å²) in [5.41, 5.74) is 2.61. The lowest BCUT2D eigenvalue weighted by Crippen LogP contribution is -2.05. The highest BCUT2D eigenvalue weighted by Crippen LogP contribution is 2.37. The Balaban J connectivity index is 1.33. The molecule has 0 radical (unpaired) electrons. The summed E-state index contributed by atoms with van der Waals surface area (Å²) >= 11 is 0. The van der Waals surface area contributed by atoms with E-state index in [1.807, 2.05) is 0 Å². The number of benzene rings is 2. The first-order chi connectivity index (χ1) is 16.2. The molecule has 1 aliphatic carbocycles. The lowest BCUT2D eigenvalue weighted by molar-refractivity contribution is 0.304. The molecule has 2 aromatic carbocycles. The Hall–Kier alpha value is -2.16. The third-order valence-electron chi connectivity index (χ3n) is 6.83. The quantitative estimate of drug-likeness (QED) is 0.258. The molecule has 0 aromatic heterocycles. The van der Waals surface area contributed by atoms with Crippen molar-refractivity contribution in [3.05, 3.63) is 71.3 Å². The van der Waals surface area contributed by atoms with Gasteiger partial charge in [0.1, 0.15) is 5.75 Å². The van der Waals surface area contributed by atoms with Crippen LogP contribution < -0.4 is 4.74 Å². The molecular formula is C30H40F2O. The number of halogens is 2. The van der Waals surface area contributed by atoms with Crippen LogP contribution in [-0.2, 0) is 0 Å². The Morgan fingerprint density at radius 3 is 2.12 bits per heavy atom. The molecule has 0 saturated carbocycles. The molecule has 0 bridgehead atoms. The van der Waals surface area contributed by atoms with Gasteiger partial charge in [0.05, 0.1) is 6.61 Å². The molecule has 0 heterocycles. The Labute approximate surface area is 199 Å². The van der Waals surface area contributed by atoms with Gasteiger partial charge >= 0.3 is 0 Å². The van der Waals surface area contributed by atoms with Gasteiger partial charge in [0, 0.05) is 5.56 Å². The summed E-state index contributed by atoms with van der Waals surface area (Å²) < 4.78 is 33.5. The van der Waals surface area contributed by atoms with Crippen LogP contribution in [0.5, 0.6) is 5.75 Å². The van der Waals surface area contributed by atoms with E-state index in [9.17, 15) is 8.78 Å². The first kappa shape index (κ1) is 25.5. The Kier molecular flexibility index (Phi) is 10.9. The first-order valence-electron chi connectivity index (χ1n) is 13.0. The van der Waals surface area contributed by atoms with Gasteiger partial charge < -0.3 is 4.74 Å². The molecule has 2 aromatic rings. The maximum atomic E-state index is 14.1. The molecule has 0 spiro atoms. The molecule has 1 aliphatic rings. The molecule has 0 amide bonds. The van der Waals surface area contributed by atoms with Gasteiger partial charge in [-0.3, -0.25) is 0 Å². The molecule has 0 fully saturated rings. The van der Waals surface area contributed by atoms with E-state index in [1.165, 1.54) is 69.4 Å². The van der Waals surface area contributed by atoms with Crippen LogP contribution in [0.25, 0.3) is 5.57 Å². The van der Waals surface area contributed by atoms with Crippen LogP contribution in [0.3, 0.4) is 0 Å². The molecule has 1 unspecified atom stereocenters. The zero-order valence-electron chi connectivity index (χ0n) is 20.3. The van der Waals surface area contributed by atoms with Gasteiger partial charge in [0.15, 0.2) is 11.6 Å². The van der Waals surface area contributed by atoms with Crippen molar-refractivity contribution in [2.45, 2.75) is 96.3 Å². The number of hydrogen-bond acceptors (Lipinski definition) is 1. The molecule has 33 heavy (non-hydrogen) atoms. The summed E-state index contributed by atoms with van der Waals surface area (Å²) in [6.45, 7) is 3.05. The second-order valence-electron chi connectivity index (χ2n) is 9.40. The summed E-state index contributed by atoms with van der Waals surface area (Å²) in [5, 5.41) is 0. The SMILES string of the molecule is CCCCCCCCCCCCOc1ccc(C2CC=C(c3cccc(F)c3F)CC2)cc1. The van der Waals surface area contributed by atoms with Crippen LogP contribution >= 0.6 is 0 Å². The second kappa shape index (κ2) is 14.2. The topological polar surface area (TPSA) is 9.23 Å². The molecular weight excluding hydrogens is 414 g/mol. The highest BCUT2D eigenvalue weighted by molar-refractivity contribution is 5.67. The lowest BCUT2D eigenvalue weighted by Gasteiger charge is -2.23. The van der Waals surface area contributed by atoms with Gasteiger partial charge in [-0.05, 0) is 60.9 Å². The fraction of sp³-hybridized carbons (Fsp3) is 0.533. The summed E-state index contributed by atoms with van der Waals surface area (Å²) in [7, 11) is 0. The standard InChI is InChI=1S/C30H40F2O/c1-2-3-4-5-6-7-8-9-10-11-23-33-27-21-19-25(20-22-27)24-15-17-26(18-16-24)28-13-12-14-29(31)30(28)32/h12-14,17,19-22,24H,2-11,15-16,18,23H2,1H3. The maximum Gasteiger partial charge on any atom is 0.166 e.